The van der Waals surface area contributed by atoms with Crippen LogP contribution >= 0.6 is 0 Å². The second kappa shape index (κ2) is 5.37. The summed E-state index contributed by atoms with van der Waals surface area (Å²) in [6.07, 6.45) is -6.26. The van der Waals surface area contributed by atoms with Crippen LogP contribution in [0.1, 0.15) is 18.6 Å². The molecule has 0 heterocycles. The lowest BCUT2D eigenvalue weighted by Gasteiger charge is -2.18. The van der Waals surface area contributed by atoms with Gasteiger partial charge in [0.2, 0.25) is 0 Å². The molecule has 0 aliphatic heterocycles. The van der Waals surface area contributed by atoms with E-state index in [4.69, 9.17) is 4.74 Å². The van der Waals surface area contributed by atoms with Gasteiger partial charge in [0.15, 0.2) is 0 Å². The van der Waals surface area contributed by atoms with Gasteiger partial charge in [-0.05, 0) is 24.6 Å². The Morgan fingerprint density at radius 1 is 1.29 bits per heavy atom. The zero-order valence-corrected chi connectivity index (χ0v) is 9.36. The normalized spacial score (nSPS) is 15.4. The highest BCUT2D eigenvalue weighted by Gasteiger charge is 2.31. The van der Waals surface area contributed by atoms with Crippen LogP contribution in [0, 0.1) is 0 Å². The maximum atomic E-state index is 12.0. The average molecular weight is 250 g/mol. The molecule has 0 spiro atoms. The van der Waals surface area contributed by atoms with E-state index in [1.54, 1.807) is 6.92 Å². The maximum absolute atomic E-state index is 12.0. The topological polar surface area (TPSA) is 38.7 Å². The Kier molecular flexibility index (Phi) is 4.36. The van der Waals surface area contributed by atoms with Gasteiger partial charge in [-0.2, -0.15) is 0 Å². The zero-order valence-electron chi connectivity index (χ0n) is 9.36. The van der Waals surface area contributed by atoms with Crippen LogP contribution in [0.5, 0.6) is 5.75 Å². The average Bonchev–Trinajstić information content (AvgIpc) is 2.25. The van der Waals surface area contributed by atoms with Gasteiger partial charge in [-0.1, -0.05) is 12.1 Å². The lowest BCUT2D eigenvalue weighted by Crippen LogP contribution is -2.19. The SMILES string of the molecule is COC(C)C(O)c1cccc(OC(F)(F)F)c1. The molecule has 0 fully saturated rings. The summed E-state index contributed by atoms with van der Waals surface area (Å²) < 4.78 is 44.6. The van der Waals surface area contributed by atoms with Gasteiger partial charge < -0.3 is 14.6 Å². The van der Waals surface area contributed by atoms with E-state index in [2.05, 4.69) is 4.74 Å². The lowest BCUT2D eigenvalue weighted by atomic mass is 10.1. The van der Waals surface area contributed by atoms with Gasteiger partial charge in [0.25, 0.3) is 0 Å². The molecule has 0 aliphatic carbocycles. The summed E-state index contributed by atoms with van der Waals surface area (Å²) in [5, 5.41) is 9.75. The third-order valence-electron chi connectivity index (χ3n) is 2.25. The number of alkyl halides is 3. The third-order valence-corrected chi connectivity index (χ3v) is 2.25. The number of methoxy groups -OCH3 is 1. The van der Waals surface area contributed by atoms with Gasteiger partial charge in [-0.15, -0.1) is 13.2 Å². The van der Waals surface area contributed by atoms with E-state index in [1.807, 2.05) is 0 Å². The van der Waals surface area contributed by atoms with Crippen molar-refractivity contribution >= 4 is 0 Å². The predicted molar refractivity (Wildman–Crippen MR) is 54.6 cm³/mol. The molecule has 17 heavy (non-hydrogen) atoms. The summed E-state index contributed by atoms with van der Waals surface area (Å²) in [6.45, 7) is 1.61. The van der Waals surface area contributed by atoms with Gasteiger partial charge in [0.05, 0.1) is 6.10 Å². The largest absolute Gasteiger partial charge is 0.573 e. The van der Waals surface area contributed by atoms with Crippen LogP contribution in [0.4, 0.5) is 13.2 Å². The van der Waals surface area contributed by atoms with Gasteiger partial charge in [0.1, 0.15) is 11.9 Å². The molecule has 0 radical (unpaired) electrons. The van der Waals surface area contributed by atoms with Crippen molar-refractivity contribution in [2.45, 2.75) is 25.5 Å². The van der Waals surface area contributed by atoms with E-state index >= 15 is 0 Å². The van der Waals surface area contributed by atoms with E-state index in [0.29, 0.717) is 5.56 Å². The number of benzene rings is 1. The quantitative estimate of drug-likeness (QED) is 0.892. The van der Waals surface area contributed by atoms with Crippen molar-refractivity contribution in [2.24, 2.45) is 0 Å². The van der Waals surface area contributed by atoms with Crippen LogP contribution in [0.3, 0.4) is 0 Å². The Morgan fingerprint density at radius 3 is 2.47 bits per heavy atom. The first-order valence-corrected chi connectivity index (χ1v) is 4.90. The Bertz CT molecular complexity index is 365. The molecule has 6 heteroatoms. The molecule has 0 aromatic heterocycles. The molecule has 1 aromatic carbocycles. The van der Waals surface area contributed by atoms with Crippen molar-refractivity contribution in [3.05, 3.63) is 29.8 Å². The van der Waals surface area contributed by atoms with Crippen LogP contribution in [-0.4, -0.2) is 24.7 Å². The molecule has 3 nitrogen and oxygen atoms in total. The highest BCUT2D eigenvalue weighted by Crippen LogP contribution is 2.27. The monoisotopic (exact) mass is 250 g/mol. The standard InChI is InChI=1S/C11H13F3O3/c1-7(16-2)10(15)8-4-3-5-9(6-8)17-11(12,13)14/h3-7,10,15H,1-2H3. The summed E-state index contributed by atoms with van der Waals surface area (Å²) in [4.78, 5) is 0. The Hall–Kier alpha value is -1.27. The van der Waals surface area contributed by atoms with Crippen LogP contribution in [-0.2, 0) is 4.74 Å². The number of halogens is 3. The number of rotatable bonds is 4. The minimum Gasteiger partial charge on any atom is -0.406 e. The molecule has 2 unspecified atom stereocenters. The Morgan fingerprint density at radius 2 is 1.94 bits per heavy atom. The number of aliphatic hydroxyl groups is 1. The predicted octanol–water partition coefficient (Wildman–Crippen LogP) is 2.65. The van der Waals surface area contributed by atoms with Crippen molar-refractivity contribution in [2.75, 3.05) is 7.11 Å². The lowest BCUT2D eigenvalue weighted by molar-refractivity contribution is -0.274. The third kappa shape index (κ3) is 4.24. The summed E-state index contributed by atoms with van der Waals surface area (Å²) in [6, 6.07) is 5.18. The van der Waals surface area contributed by atoms with E-state index in [1.165, 1.54) is 25.3 Å². The van der Waals surface area contributed by atoms with Crippen molar-refractivity contribution in [3.63, 3.8) is 0 Å². The highest BCUT2D eigenvalue weighted by molar-refractivity contribution is 5.30. The molecular weight excluding hydrogens is 237 g/mol. The highest BCUT2D eigenvalue weighted by atomic mass is 19.4. The molecule has 2 atom stereocenters. The first kappa shape index (κ1) is 13.8. The molecule has 1 N–H and O–H groups in total. The molecular formula is C11H13F3O3. The van der Waals surface area contributed by atoms with Gasteiger partial charge in [0, 0.05) is 7.11 Å². The van der Waals surface area contributed by atoms with Crippen molar-refractivity contribution in [1.29, 1.82) is 0 Å². The molecule has 0 bridgehead atoms. The van der Waals surface area contributed by atoms with Crippen LogP contribution < -0.4 is 4.74 Å². The molecule has 0 amide bonds. The van der Waals surface area contributed by atoms with Crippen LogP contribution in [0.2, 0.25) is 0 Å². The molecule has 1 rings (SSSR count). The van der Waals surface area contributed by atoms with Gasteiger partial charge in [-0.25, -0.2) is 0 Å². The summed E-state index contributed by atoms with van der Waals surface area (Å²) in [5.74, 6) is -0.364. The van der Waals surface area contributed by atoms with Crippen molar-refractivity contribution < 1.29 is 27.8 Å². The summed E-state index contributed by atoms with van der Waals surface area (Å²) in [7, 11) is 1.41. The second-order valence-electron chi connectivity index (χ2n) is 3.51. The first-order chi connectivity index (χ1) is 7.83. The summed E-state index contributed by atoms with van der Waals surface area (Å²) in [5.41, 5.74) is 0.307. The molecule has 0 aliphatic rings. The number of aliphatic hydroxyl groups excluding tert-OH is 1. The van der Waals surface area contributed by atoms with Crippen LogP contribution in [0.25, 0.3) is 0 Å². The van der Waals surface area contributed by atoms with Crippen LogP contribution in [0.15, 0.2) is 24.3 Å². The van der Waals surface area contributed by atoms with E-state index in [-0.39, 0.29) is 5.75 Å². The fraction of sp³-hybridized carbons (Fsp3) is 0.455. The van der Waals surface area contributed by atoms with Crippen molar-refractivity contribution in [1.82, 2.24) is 0 Å². The van der Waals surface area contributed by atoms with Gasteiger partial charge in [-0.3, -0.25) is 0 Å². The fourth-order valence-corrected chi connectivity index (χ4v) is 1.30. The first-order valence-electron chi connectivity index (χ1n) is 4.90. The fourth-order valence-electron chi connectivity index (χ4n) is 1.30. The Balaban J connectivity index is 2.86. The van der Waals surface area contributed by atoms with E-state index in [0.717, 1.165) is 6.07 Å². The molecule has 96 valence electrons. The molecule has 0 saturated heterocycles. The number of hydrogen-bond acceptors (Lipinski definition) is 3. The zero-order chi connectivity index (χ0) is 13.1. The second-order valence-corrected chi connectivity index (χ2v) is 3.51. The molecule has 0 saturated carbocycles. The number of ether oxygens (including phenoxy) is 2. The smallest absolute Gasteiger partial charge is 0.406 e. The minimum atomic E-state index is -4.74. The maximum Gasteiger partial charge on any atom is 0.573 e. The van der Waals surface area contributed by atoms with Crippen molar-refractivity contribution in [3.8, 4) is 5.75 Å². The number of hydrogen-bond donors (Lipinski definition) is 1. The summed E-state index contributed by atoms with van der Waals surface area (Å²) >= 11 is 0. The van der Waals surface area contributed by atoms with E-state index < -0.39 is 18.6 Å². The molecule has 1 aromatic rings. The van der Waals surface area contributed by atoms with E-state index in [9.17, 15) is 18.3 Å². The van der Waals surface area contributed by atoms with Gasteiger partial charge >= 0.3 is 6.36 Å². The Labute approximate surface area is 96.8 Å². The minimum absolute atomic E-state index is 0.307.